The van der Waals surface area contributed by atoms with Crippen LogP contribution in [0.1, 0.15) is 33.6 Å². The Kier molecular flexibility index (Phi) is 5.68. The Morgan fingerprint density at radius 1 is 1.00 bits per heavy atom. The summed E-state index contributed by atoms with van der Waals surface area (Å²) in [4.78, 5) is 26.9. The third-order valence-corrected chi connectivity index (χ3v) is 5.62. The second-order valence-corrected chi connectivity index (χ2v) is 7.39. The van der Waals surface area contributed by atoms with Gasteiger partial charge in [0, 0.05) is 38.4 Å². The molecule has 1 N–H and O–H groups in total. The van der Waals surface area contributed by atoms with E-state index < -0.39 is 11.2 Å². The van der Waals surface area contributed by atoms with Gasteiger partial charge in [0.25, 0.3) is 5.91 Å². The largest absolute Gasteiger partial charge is 0.503 e. The second kappa shape index (κ2) is 8.55. The fourth-order valence-corrected chi connectivity index (χ4v) is 4.19. The Bertz CT molecular complexity index is 1040. The molecular formula is C24H24N2O4. The predicted octanol–water partition coefficient (Wildman–Crippen LogP) is 3.03. The number of nitrogens with zero attached hydrogens (tertiary/aromatic N) is 2. The smallest absolute Gasteiger partial charge is 0.274 e. The summed E-state index contributed by atoms with van der Waals surface area (Å²) >= 11 is 0. The lowest BCUT2D eigenvalue weighted by atomic mass is 9.83. The molecule has 1 atom stereocenters. The van der Waals surface area contributed by atoms with Gasteiger partial charge in [0.2, 0.25) is 5.43 Å². The van der Waals surface area contributed by atoms with Crippen molar-refractivity contribution in [2.45, 2.75) is 12.0 Å². The van der Waals surface area contributed by atoms with Gasteiger partial charge < -0.3 is 19.3 Å². The molecule has 0 radical (unpaired) electrons. The molecular weight excluding hydrogens is 380 g/mol. The monoisotopic (exact) mass is 404 g/mol. The minimum absolute atomic E-state index is 0.0340. The molecule has 0 saturated heterocycles. The Morgan fingerprint density at radius 3 is 2.17 bits per heavy atom. The van der Waals surface area contributed by atoms with Crippen molar-refractivity contribution >= 4 is 5.91 Å². The van der Waals surface area contributed by atoms with Crippen LogP contribution in [-0.2, 0) is 4.74 Å². The average Bonchev–Trinajstić information content (AvgIpc) is 2.78. The normalized spacial score (nSPS) is 16.0. The van der Waals surface area contributed by atoms with Crippen LogP contribution in [0.4, 0.5) is 0 Å². The fraction of sp³-hybridized carbons (Fsp3) is 0.250. The van der Waals surface area contributed by atoms with Gasteiger partial charge in [-0.2, -0.15) is 0 Å². The first kappa shape index (κ1) is 19.9. The highest BCUT2D eigenvalue weighted by Crippen LogP contribution is 2.39. The molecule has 0 spiro atoms. The summed E-state index contributed by atoms with van der Waals surface area (Å²) in [5.74, 6) is -0.945. The molecule has 4 rings (SSSR count). The maximum Gasteiger partial charge on any atom is 0.274 e. The number of pyridine rings is 1. The minimum atomic E-state index is -0.557. The lowest BCUT2D eigenvalue weighted by molar-refractivity contribution is 0.0582. The van der Waals surface area contributed by atoms with Crippen LogP contribution in [0.15, 0.2) is 77.7 Å². The van der Waals surface area contributed by atoms with Crippen molar-refractivity contribution in [3.05, 3.63) is 100.0 Å². The summed E-state index contributed by atoms with van der Waals surface area (Å²) in [6.45, 7) is 1.19. The topological polar surface area (TPSA) is 71.8 Å². The number of amides is 1. The predicted molar refractivity (Wildman–Crippen MR) is 114 cm³/mol. The maximum absolute atomic E-state index is 13.1. The van der Waals surface area contributed by atoms with Crippen molar-refractivity contribution in [2.75, 3.05) is 26.8 Å². The Balaban J connectivity index is 1.90. The zero-order valence-corrected chi connectivity index (χ0v) is 16.8. The number of carbonyl (C=O) groups excluding carboxylic acids is 1. The molecule has 1 aromatic heterocycles. The van der Waals surface area contributed by atoms with E-state index in [0.29, 0.717) is 19.7 Å². The summed E-state index contributed by atoms with van der Waals surface area (Å²) in [6, 6.07) is 21.3. The van der Waals surface area contributed by atoms with Crippen LogP contribution in [0.5, 0.6) is 5.75 Å². The quantitative estimate of drug-likeness (QED) is 0.686. The van der Waals surface area contributed by atoms with Crippen molar-refractivity contribution in [3.8, 4) is 5.75 Å². The van der Waals surface area contributed by atoms with Gasteiger partial charge in [-0.05, 0) is 11.1 Å². The molecule has 0 fully saturated rings. The SMILES string of the molecule is COCCN1C[C@H](C(c2ccccc2)c2ccccc2)n2ccc(=O)c(O)c2C1=O. The van der Waals surface area contributed by atoms with E-state index in [1.165, 1.54) is 6.07 Å². The number of hydrogen-bond donors (Lipinski definition) is 1. The first-order valence-electron chi connectivity index (χ1n) is 9.94. The number of aromatic nitrogens is 1. The van der Waals surface area contributed by atoms with Gasteiger partial charge in [-0.25, -0.2) is 0 Å². The van der Waals surface area contributed by atoms with E-state index in [1.807, 2.05) is 36.4 Å². The first-order chi connectivity index (χ1) is 14.6. The second-order valence-electron chi connectivity index (χ2n) is 7.39. The number of fused-ring (bicyclic) bond motifs is 1. The van der Waals surface area contributed by atoms with E-state index in [2.05, 4.69) is 24.3 Å². The van der Waals surface area contributed by atoms with E-state index in [0.717, 1.165) is 11.1 Å². The average molecular weight is 404 g/mol. The molecule has 0 bridgehead atoms. The van der Waals surface area contributed by atoms with E-state index in [-0.39, 0.29) is 23.6 Å². The van der Waals surface area contributed by atoms with Crippen LogP contribution in [0, 0.1) is 0 Å². The Morgan fingerprint density at radius 2 is 1.60 bits per heavy atom. The van der Waals surface area contributed by atoms with Gasteiger partial charge in [0.1, 0.15) is 0 Å². The lowest BCUT2D eigenvalue weighted by Gasteiger charge is -2.40. The minimum Gasteiger partial charge on any atom is -0.503 e. The molecule has 2 heterocycles. The number of aromatic hydroxyl groups is 1. The van der Waals surface area contributed by atoms with E-state index in [1.54, 1.807) is 22.8 Å². The Hall–Kier alpha value is -3.38. The maximum atomic E-state index is 13.1. The molecule has 0 aliphatic carbocycles. The number of benzene rings is 2. The molecule has 1 aliphatic rings. The van der Waals surface area contributed by atoms with Crippen molar-refractivity contribution in [1.29, 1.82) is 0 Å². The molecule has 0 saturated carbocycles. The number of hydrogen-bond acceptors (Lipinski definition) is 4. The summed E-state index contributed by atoms with van der Waals surface area (Å²) < 4.78 is 6.93. The molecule has 154 valence electrons. The molecule has 3 aromatic rings. The fourth-order valence-electron chi connectivity index (χ4n) is 4.19. The molecule has 6 nitrogen and oxygen atoms in total. The van der Waals surface area contributed by atoms with Gasteiger partial charge in [-0.15, -0.1) is 0 Å². The summed E-state index contributed by atoms with van der Waals surface area (Å²) in [7, 11) is 1.58. The van der Waals surface area contributed by atoms with Crippen molar-refractivity contribution in [2.24, 2.45) is 0 Å². The summed E-state index contributed by atoms with van der Waals surface area (Å²) in [5.41, 5.74) is 1.67. The van der Waals surface area contributed by atoms with Gasteiger partial charge in [-0.3, -0.25) is 9.59 Å². The molecule has 1 aliphatic heterocycles. The molecule has 0 unspecified atom stereocenters. The standard InChI is InChI=1S/C24H24N2O4/c1-30-15-14-25-16-19(26-13-12-20(27)23(28)22(26)24(25)29)21(17-8-4-2-5-9-17)18-10-6-3-7-11-18/h2-13,19,21,28H,14-16H2,1H3/t19-/m1/s1. The molecule has 30 heavy (non-hydrogen) atoms. The van der Waals surface area contributed by atoms with Crippen LogP contribution >= 0.6 is 0 Å². The molecule has 1 amide bonds. The van der Waals surface area contributed by atoms with E-state index in [4.69, 9.17) is 4.74 Å². The first-order valence-corrected chi connectivity index (χ1v) is 9.94. The zero-order valence-electron chi connectivity index (χ0n) is 16.8. The van der Waals surface area contributed by atoms with E-state index in [9.17, 15) is 14.7 Å². The van der Waals surface area contributed by atoms with E-state index >= 15 is 0 Å². The van der Waals surface area contributed by atoms with Gasteiger partial charge in [0.05, 0.1) is 12.6 Å². The van der Waals surface area contributed by atoms with Gasteiger partial charge in [0.15, 0.2) is 11.4 Å². The highest BCUT2D eigenvalue weighted by molar-refractivity contribution is 5.96. The third-order valence-electron chi connectivity index (χ3n) is 5.62. The van der Waals surface area contributed by atoms with Gasteiger partial charge >= 0.3 is 0 Å². The van der Waals surface area contributed by atoms with Crippen LogP contribution in [0.3, 0.4) is 0 Å². The van der Waals surface area contributed by atoms with Crippen molar-refractivity contribution in [1.82, 2.24) is 9.47 Å². The number of methoxy groups -OCH3 is 1. The van der Waals surface area contributed by atoms with Gasteiger partial charge in [-0.1, -0.05) is 60.7 Å². The zero-order chi connectivity index (χ0) is 21.1. The van der Waals surface area contributed by atoms with Crippen LogP contribution < -0.4 is 5.43 Å². The number of rotatable bonds is 6. The molecule has 6 heteroatoms. The van der Waals surface area contributed by atoms with Crippen molar-refractivity contribution < 1.29 is 14.6 Å². The highest BCUT2D eigenvalue weighted by atomic mass is 16.5. The number of ether oxygens (including phenoxy) is 1. The van der Waals surface area contributed by atoms with Crippen molar-refractivity contribution in [3.63, 3.8) is 0 Å². The Labute approximate surface area is 175 Å². The summed E-state index contributed by atoms with van der Waals surface area (Å²) in [6.07, 6.45) is 1.62. The number of carbonyl (C=O) groups is 1. The summed E-state index contributed by atoms with van der Waals surface area (Å²) in [5, 5.41) is 10.5. The third kappa shape index (κ3) is 3.62. The highest BCUT2D eigenvalue weighted by Gasteiger charge is 2.38. The molecule has 2 aromatic carbocycles. The van der Waals surface area contributed by atoms with Crippen LogP contribution in [0.2, 0.25) is 0 Å². The van der Waals surface area contributed by atoms with Crippen LogP contribution in [-0.4, -0.2) is 47.3 Å². The lowest BCUT2D eigenvalue weighted by Crippen LogP contribution is -2.47. The van der Waals surface area contributed by atoms with Crippen LogP contribution in [0.25, 0.3) is 0 Å².